The molecule has 2 unspecified atom stereocenters. The molecule has 4 N–H and O–H groups in total. The van der Waals surface area contributed by atoms with Gasteiger partial charge in [0, 0.05) is 23.2 Å². The molecular formula is C6H10N6S2. The van der Waals surface area contributed by atoms with Crippen LogP contribution in [-0.4, -0.2) is 11.1 Å². The topological polar surface area (TPSA) is 101 Å². The fourth-order valence-electron chi connectivity index (χ4n) is 0.813. The van der Waals surface area contributed by atoms with Gasteiger partial charge in [0.25, 0.3) is 0 Å². The molecule has 0 aromatic carbocycles. The van der Waals surface area contributed by atoms with Gasteiger partial charge < -0.3 is 0 Å². The van der Waals surface area contributed by atoms with Gasteiger partial charge in [0.15, 0.2) is 0 Å². The maximum absolute atomic E-state index is 5.87. The van der Waals surface area contributed by atoms with Gasteiger partial charge in [0.1, 0.15) is 0 Å². The second-order valence-corrected chi connectivity index (χ2v) is 6.88. The predicted octanol–water partition coefficient (Wildman–Crippen LogP) is 1.65. The normalized spacial score (nSPS) is 48.4. The molecule has 0 aliphatic carbocycles. The summed E-state index contributed by atoms with van der Waals surface area (Å²) in [4.78, 5) is 7.75. The summed E-state index contributed by atoms with van der Waals surface area (Å²) in [5.41, 5.74) is 3.18. The fraction of sp³-hybridized carbons (Fsp3) is 0. The Kier molecular flexibility index (Phi) is 2.27. The molecule has 76 valence electrons. The highest BCUT2D eigenvalue weighted by Crippen LogP contribution is 2.50. The van der Waals surface area contributed by atoms with E-state index in [-0.39, 0.29) is 0 Å². The van der Waals surface area contributed by atoms with Gasteiger partial charge >= 0.3 is 0 Å². The summed E-state index contributed by atoms with van der Waals surface area (Å²) >= 11 is 0. The van der Waals surface area contributed by atoms with Crippen LogP contribution in [0, 0.1) is 0 Å². The van der Waals surface area contributed by atoms with Gasteiger partial charge in [0.05, 0.1) is 11.1 Å². The largest absolute Gasteiger partial charge is 0.269 e. The second kappa shape index (κ2) is 3.31. The van der Waals surface area contributed by atoms with Crippen molar-refractivity contribution >= 4 is 31.9 Å². The summed E-state index contributed by atoms with van der Waals surface area (Å²) < 4.78 is 8.06. The van der Waals surface area contributed by atoms with Crippen molar-refractivity contribution in [3.8, 4) is 0 Å². The number of aliphatic imine (C=N–C) groups is 2. The van der Waals surface area contributed by atoms with Crippen LogP contribution in [0.25, 0.3) is 0 Å². The van der Waals surface area contributed by atoms with E-state index in [4.69, 9.17) is 10.3 Å². The zero-order valence-electron chi connectivity index (χ0n) is 7.22. The molecule has 14 heavy (non-hydrogen) atoms. The van der Waals surface area contributed by atoms with Crippen LogP contribution in [0.5, 0.6) is 0 Å². The van der Waals surface area contributed by atoms with Gasteiger partial charge in [-0.15, -0.1) is 9.04 Å². The maximum Gasteiger partial charge on any atom is 0.0797 e. The van der Waals surface area contributed by atoms with Crippen molar-refractivity contribution < 1.29 is 0 Å². The Bertz CT molecular complexity index is 322. The van der Waals surface area contributed by atoms with Crippen LogP contribution in [0.3, 0.4) is 0 Å². The van der Waals surface area contributed by atoms with Gasteiger partial charge in [-0.3, -0.25) is 20.3 Å². The van der Waals surface area contributed by atoms with E-state index in [1.54, 1.807) is 34.3 Å². The minimum Gasteiger partial charge on any atom is -0.269 e. The summed E-state index contributed by atoms with van der Waals surface area (Å²) in [5, 5.41) is 15.2. The smallest absolute Gasteiger partial charge is 0.0797 e. The fourth-order valence-corrected chi connectivity index (χ4v) is 3.13. The van der Waals surface area contributed by atoms with Gasteiger partial charge in [-0.05, 0) is 20.8 Å². The molecule has 2 aliphatic rings. The average Bonchev–Trinajstić information content (AvgIpc) is 2.74. The van der Waals surface area contributed by atoms with Crippen LogP contribution in [0.2, 0.25) is 0 Å². The third-order valence-corrected chi connectivity index (χ3v) is 4.37. The molecule has 2 aliphatic heterocycles. The van der Waals surface area contributed by atoms with Crippen molar-refractivity contribution in [2.75, 3.05) is 0 Å². The van der Waals surface area contributed by atoms with Crippen LogP contribution in [-0.2, 0) is 0 Å². The number of nitrogens with zero attached hydrogens (tertiary/aromatic N) is 4. The van der Waals surface area contributed by atoms with Crippen molar-refractivity contribution in [2.45, 2.75) is 0 Å². The summed E-state index contributed by atoms with van der Waals surface area (Å²) in [7, 11) is -3.60. The predicted molar refractivity (Wildman–Crippen MR) is 63.7 cm³/mol. The Morgan fingerprint density at radius 1 is 0.857 bits per heavy atom. The SMILES string of the molecule is NS1(/N=N/S2(N)C=CN=C2)C=CN=C1. The van der Waals surface area contributed by atoms with Crippen LogP contribution >= 0.6 is 20.8 Å². The van der Waals surface area contributed by atoms with E-state index in [2.05, 4.69) is 19.0 Å². The first-order chi connectivity index (χ1) is 6.62. The van der Waals surface area contributed by atoms with E-state index >= 15 is 0 Å². The molecule has 0 saturated heterocycles. The third-order valence-electron chi connectivity index (χ3n) is 1.51. The quantitative estimate of drug-likeness (QED) is 0.704. The molecule has 0 aromatic heterocycles. The lowest BCUT2D eigenvalue weighted by molar-refractivity contribution is 1.47. The van der Waals surface area contributed by atoms with E-state index in [0.29, 0.717) is 0 Å². The van der Waals surface area contributed by atoms with Gasteiger partial charge in [-0.1, -0.05) is 0 Å². The monoisotopic (exact) mass is 230 g/mol. The molecule has 2 heterocycles. The molecule has 0 aromatic rings. The molecule has 0 amide bonds. The van der Waals surface area contributed by atoms with Crippen LogP contribution in [0.15, 0.2) is 42.2 Å². The van der Waals surface area contributed by atoms with Crippen molar-refractivity contribution in [3.63, 3.8) is 0 Å². The first kappa shape index (κ1) is 9.59. The first-order valence-electron chi connectivity index (χ1n) is 3.68. The Balaban J connectivity index is 2.14. The Hall–Kier alpha value is -0.960. The van der Waals surface area contributed by atoms with Crippen molar-refractivity contribution in [1.29, 1.82) is 0 Å². The highest BCUT2D eigenvalue weighted by molar-refractivity contribution is 8.45. The van der Waals surface area contributed by atoms with Crippen molar-refractivity contribution in [1.82, 2.24) is 0 Å². The van der Waals surface area contributed by atoms with Gasteiger partial charge in [-0.25, -0.2) is 0 Å². The summed E-state index contributed by atoms with van der Waals surface area (Å²) in [6.07, 6.45) is 3.23. The molecule has 0 spiro atoms. The molecule has 2 rings (SSSR count). The molecule has 8 heteroatoms. The molecule has 2 atom stereocenters. The van der Waals surface area contributed by atoms with Crippen LogP contribution < -0.4 is 10.3 Å². The Morgan fingerprint density at radius 3 is 1.57 bits per heavy atom. The van der Waals surface area contributed by atoms with Gasteiger partial charge in [0.2, 0.25) is 0 Å². The zero-order chi connectivity index (χ0) is 10.1. The van der Waals surface area contributed by atoms with Crippen LogP contribution in [0.1, 0.15) is 0 Å². The first-order valence-corrected chi connectivity index (χ1v) is 7.24. The molecular weight excluding hydrogens is 220 g/mol. The molecule has 0 bridgehead atoms. The van der Waals surface area contributed by atoms with Crippen molar-refractivity contribution in [2.24, 2.45) is 29.3 Å². The average molecular weight is 230 g/mol. The Labute approximate surface area is 84.8 Å². The Morgan fingerprint density at radius 2 is 1.29 bits per heavy atom. The molecule has 0 saturated carbocycles. The summed E-state index contributed by atoms with van der Waals surface area (Å²) in [5.74, 6) is 0. The highest BCUT2D eigenvalue weighted by atomic mass is 32.3. The second-order valence-electron chi connectivity index (χ2n) is 2.69. The number of hydrogen-bond donors (Lipinski definition) is 2. The third kappa shape index (κ3) is 1.93. The lowest BCUT2D eigenvalue weighted by atomic mass is 11.1. The highest BCUT2D eigenvalue weighted by Gasteiger charge is 2.19. The van der Waals surface area contributed by atoms with E-state index in [1.807, 2.05) is 0 Å². The van der Waals surface area contributed by atoms with E-state index in [0.717, 1.165) is 0 Å². The van der Waals surface area contributed by atoms with E-state index in [1.165, 1.54) is 0 Å². The maximum atomic E-state index is 5.87. The van der Waals surface area contributed by atoms with E-state index < -0.39 is 20.8 Å². The number of rotatable bonds is 2. The summed E-state index contributed by atoms with van der Waals surface area (Å²) in [6.45, 7) is 0. The lowest BCUT2D eigenvalue weighted by Gasteiger charge is -2.20. The summed E-state index contributed by atoms with van der Waals surface area (Å²) in [6, 6.07) is 0. The van der Waals surface area contributed by atoms with E-state index in [9.17, 15) is 0 Å². The van der Waals surface area contributed by atoms with Crippen molar-refractivity contribution in [3.05, 3.63) is 23.2 Å². The molecule has 0 radical (unpaired) electrons. The number of hydrogen-bond acceptors (Lipinski definition) is 6. The lowest BCUT2D eigenvalue weighted by Crippen LogP contribution is -2.06. The number of nitrogens with two attached hydrogens (primary N) is 2. The molecule has 6 nitrogen and oxygen atoms in total. The minimum absolute atomic E-state index is 1.59. The standard InChI is InChI=1S/C6H10N6S2/c7-13(3-1-9-5-13)11-12-14(8)4-2-10-6-14/h1-6H,7-8H2/b12-11+. The molecule has 0 fully saturated rings. The van der Waals surface area contributed by atoms with Gasteiger partial charge in [-0.2, -0.15) is 0 Å². The van der Waals surface area contributed by atoms with Crippen LogP contribution in [0.4, 0.5) is 0 Å². The minimum atomic E-state index is -1.80. The zero-order valence-corrected chi connectivity index (χ0v) is 8.86.